The number of nitrogens with zero attached hydrogens (tertiary/aromatic N) is 2. The Labute approximate surface area is 162 Å². The lowest BCUT2D eigenvalue weighted by molar-refractivity contribution is -0.143. The third kappa shape index (κ3) is 4.57. The zero-order chi connectivity index (χ0) is 19.2. The van der Waals surface area contributed by atoms with E-state index >= 15 is 0 Å². The lowest BCUT2D eigenvalue weighted by atomic mass is 10.2. The highest BCUT2D eigenvalue weighted by Gasteiger charge is 2.13. The Morgan fingerprint density at radius 1 is 1.15 bits per heavy atom. The Morgan fingerprint density at radius 2 is 1.89 bits per heavy atom. The van der Waals surface area contributed by atoms with Gasteiger partial charge < -0.3 is 4.74 Å². The Kier molecular flexibility index (Phi) is 6.29. The lowest BCUT2D eigenvalue weighted by Crippen LogP contribution is -2.21. The number of para-hydroxylation sites is 1. The molecule has 0 aliphatic heterocycles. The van der Waals surface area contributed by atoms with Gasteiger partial charge in [0, 0.05) is 12.2 Å². The quantitative estimate of drug-likeness (QED) is 0.266. The van der Waals surface area contributed by atoms with E-state index in [9.17, 15) is 9.59 Å². The smallest absolute Gasteiger partial charge is 0.305 e. The fourth-order valence-corrected chi connectivity index (χ4v) is 3.70. The first kappa shape index (κ1) is 19.2. The summed E-state index contributed by atoms with van der Waals surface area (Å²) in [5, 5.41) is 1.22. The average Bonchev–Trinajstić information content (AvgIpc) is 2.67. The third-order valence-corrected chi connectivity index (χ3v) is 5.12. The number of rotatable bonds is 7. The van der Waals surface area contributed by atoms with Crippen LogP contribution in [0.25, 0.3) is 16.6 Å². The first-order chi connectivity index (χ1) is 13.1. The number of esters is 1. The van der Waals surface area contributed by atoms with Crippen LogP contribution in [0.15, 0.2) is 58.5 Å². The van der Waals surface area contributed by atoms with E-state index in [2.05, 4.69) is 0 Å². The normalized spacial score (nSPS) is 10.9. The van der Waals surface area contributed by atoms with Crippen molar-refractivity contribution in [1.82, 2.24) is 9.55 Å². The Hall–Kier alpha value is -2.60. The van der Waals surface area contributed by atoms with Crippen LogP contribution in [0.3, 0.4) is 0 Å². The summed E-state index contributed by atoms with van der Waals surface area (Å²) >= 11 is 1.48. The summed E-state index contributed by atoms with van der Waals surface area (Å²) in [6, 6.07) is 15.2. The lowest BCUT2D eigenvalue weighted by Gasteiger charge is -2.13. The van der Waals surface area contributed by atoms with Crippen LogP contribution in [0, 0.1) is 6.92 Å². The van der Waals surface area contributed by atoms with Crippen LogP contribution < -0.4 is 5.56 Å². The van der Waals surface area contributed by atoms with Crippen LogP contribution in [0.4, 0.5) is 0 Å². The van der Waals surface area contributed by atoms with Crippen LogP contribution in [0.2, 0.25) is 0 Å². The van der Waals surface area contributed by atoms with E-state index in [0.29, 0.717) is 41.3 Å². The molecule has 0 saturated heterocycles. The first-order valence-corrected chi connectivity index (χ1v) is 9.96. The molecule has 3 aromatic rings. The molecule has 0 bridgehead atoms. The number of benzene rings is 2. The zero-order valence-corrected chi connectivity index (χ0v) is 16.3. The predicted octanol–water partition coefficient (Wildman–Crippen LogP) is 4.13. The zero-order valence-electron chi connectivity index (χ0n) is 15.5. The van der Waals surface area contributed by atoms with Gasteiger partial charge in [-0.25, -0.2) is 4.98 Å². The number of carbonyl (C=O) groups is 1. The van der Waals surface area contributed by atoms with Gasteiger partial charge in [0.15, 0.2) is 5.16 Å². The highest BCUT2D eigenvalue weighted by Crippen LogP contribution is 2.22. The van der Waals surface area contributed by atoms with Crippen LogP contribution in [-0.2, 0) is 9.53 Å². The minimum Gasteiger partial charge on any atom is -0.466 e. The molecule has 0 atom stereocenters. The predicted molar refractivity (Wildman–Crippen MR) is 109 cm³/mol. The molecule has 27 heavy (non-hydrogen) atoms. The van der Waals surface area contributed by atoms with Gasteiger partial charge in [-0.15, -0.1) is 0 Å². The topological polar surface area (TPSA) is 61.2 Å². The maximum Gasteiger partial charge on any atom is 0.305 e. The molecule has 1 heterocycles. The average molecular weight is 382 g/mol. The van der Waals surface area contributed by atoms with Crippen molar-refractivity contribution in [1.29, 1.82) is 0 Å². The number of carbonyl (C=O) groups excluding carboxylic acids is 1. The number of hydrogen-bond acceptors (Lipinski definition) is 5. The van der Waals surface area contributed by atoms with Crippen molar-refractivity contribution in [3.63, 3.8) is 0 Å². The van der Waals surface area contributed by atoms with Gasteiger partial charge in [0.1, 0.15) is 0 Å². The summed E-state index contributed by atoms with van der Waals surface area (Å²) in [6.45, 7) is 4.20. The van der Waals surface area contributed by atoms with Crippen LogP contribution >= 0.6 is 11.8 Å². The van der Waals surface area contributed by atoms with Crippen LogP contribution in [-0.4, -0.2) is 27.9 Å². The van der Waals surface area contributed by atoms with Crippen molar-refractivity contribution in [2.75, 3.05) is 12.4 Å². The summed E-state index contributed by atoms with van der Waals surface area (Å²) in [5.41, 5.74) is 2.51. The summed E-state index contributed by atoms with van der Waals surface area (Å²) in [5.74, 6) is 0.482. The van der Waals surface area contributed by atoms with Crippen LogP contribution in [0.1, 0.15) is 25.3 Å². The fourth-order valence-electron chi connectivity index (χ4n) is 2.74. The van der Waals surface area contributed by atoms with Gasteiger partial charge in [-0.05, 0) is 44.5 Å². The van der Waals surface area contributed by atoms with Crippen molar-refractivity contribution < 1.29 is 9.53 Å². The Balaban J connectivity index is 1.92. The molecule has 0 fully saturated rings. The molecule has 0 aliphatic carbocycles. The molecule has 0 amide bonds. The van der Waals surface area contributed by atoms with Gasteiger partial charge in [0.2, 0.25) is 0 Å². The van der Waals surface area contributed by atoms with E-state index < -0.39 is 0 Å². The van der Waals surface area contributed by atoms with Crippen molar-refractivity contribution in [3.05, 3.63) is 64.4 Å². The highest BCUT2D eigenvalue weighted by atomic mass is 32.2. The van der Waals surface area contributed by atoms with E-state index in [0.717, 1.165) is 11.3 Å². The van der Waals surface area contributed by atoms with Crippen LogP contribution in [0.5, 0.6) is 0 Å². The second-order valence-electron chi connectivity index (χ2n) is 6.14. The van der Waals surface area contributed by atoms with Gasteiger partial charge in [-0.3, -0.25) is 14.2 Å². The molecule has 5 nitrogen and oxygen atoms in total. The fraction of sp³-hybridized carbons (Fsp3) is 0.286. The van der Waals surface area contributed by atoms with Gasteiger partial charge in [-0.1, -0.05) is 41.6 Å². The number of ether oxygens (including phenoxy) is 1. The molecule has 3 rings (SSSR count). The SMILES string of the molecule is CCOC(=O)CCCSc1nc2ccccc2c(=O)n1-c1ccc(C)cc1. The number of aryl methyl sites for hydroxylation is 1. The summed E-state index contributed by atoms with van der Waals surface area (Å²) in [4.78, 5) is 29.3. The van der Waals surface area contributed by atoms with E-state index in [-0.39, 0.29) is 11.5 Å². The number of thioether (sulfide) groups is 1. The first-order valence-electron chi connectivity index (χ1n) is 8.97. The molecule has 0 aliphatic rings. The van der Waals surface area contributed by atoms with Gasteiger partial charge in [0.05, 0.1) is 23.2 Å². The van der Waals surface area contributed by atoms with Crippen molar-refractivity contribution in [2.45, 2.75) is 31.8 Å². The largest absolute Gasteiger partial charge is 0.466 e. The molecule has 6 heteroatoms. The molecule has 1 aromatic heterocycles. The maximum absolute atomic E-state index is 13.1. The van der Waals surface area contributed by atoms with Gasteiger partial charge in [0.25, 0.3) is 5.56 Å². The number of hydrogen-bond donors (Lipinski definition) is 0. The maximum atomic E-state index is 13.1. The second-order valence-corrected chi connectivity index (χ2v) is 7.21. The highest BCUT2D eigenvalue weighted by molar-refractivity contribution is 7.99. The standard InChI is InChI=1S/C21H22N2O3S/c1-3-26-19(24)9-6-14-27-21-22-18-8-5-4-7-17(18)20(25)23(21)16-12-10-15(2)11-13-16/h4-5,7-8,10-13H,3,6,9,14H2,1-2H3. The molecule has 0 saturated carbocycles. The Morgan fingerprint density at radius 3 is 2.63 bits per heavy atom. The molecule has 2 aromatic carbocycles. The molecule has 140 valence electrons. The molecular formula is C21H22N2O3S. The second kappa shape index (κ2) is 8.86. The minimum atomic E-state index is -0.194. The summed E-state index contributed by atoms with van der Waals surface area (Å²) in [6.07, 6.45) is 1.03. The van der Waals surface area contributed by atoms with Gasteiger partial charge >= 0.3 is 5.97 Å². The van der Waals surface area contributed by atoms with Gasteiger partial charge in [-0.2, -0.15) is 0 Å². The molecule has 0 spiro atoms. The van der Waals surface area contributed by atoms with Crippen molar-refractivity contribution in [2.24, 2.45) is 0 Å². The number of fused-ring (bicyclic) bond motifs is 1. The van der Waals surface area contributed by atoms with E-state index in [1.54, 1.807) is 17.6 Å². The van der Waals surface area contributed by atoms with Crippen molar-refractivity contribution >= 4 is 28.6 Å². The molecule has 0 N–H and O–H groups in total. The third-order valence-electron chi connectivity index (χ3n) is 4.10. The van der Waals surface area contributed by atoms with E-state index in [1.165, 1.54) is 11.8 Å². The molecule has 0 unspecified atom stereocenters. The van der Waals surface area contributed by atoms with E-state index in [4.69, 9.17) is 9.72 Å². The summed E-state index contributed by atoms with van der Waals surface area (Å²) < 4.78 is 6.61. The number of aromatic nitrogens is 2. The molecule has 0 radical (unpaired) electrons. The molecular weight excluding hydrogens is 360 g/mol. The Bertz CT molecular complexity index is 996. The summed E-state index contributed by atoms with van der Waals surface area (Å²) in [7, 11) is 0. The monoisotopic (exact) mass is 382 g/mol. The van der Waals surface area contributed by atoms with Crippen molar-refractivity contribution in [3.8, 4) is 5.69 Å². The minimum absolute atomic E-state index is 0.0858. The van der Waals surface area contributed by atoms with E-state index in [1.807, 2.05) is 49.4 Å².